The molecule has 0 fully saturated rings. The molecule has 0 aliphatic heterocycles. The molecule has 0 atom stereocenters. The Bertz CT molecular complexity index is 426. The van der Waals surface area contributed by atoms with E-state index in [1.54, 1.807) is 13.0 Å². The zero-order chi connectivity index (χ0) is 14.3. The van der Waals surface area contributed by atoms with Crippen LogP contribution in [0.1, 0.15) is 25.8 Å². The van der Waals surface area contributed by atoms with E-state index in [-0.39, 0.29) is 17.5 Å². The highest BCUT2D eigenvalue weighted by molar-refractivity contribution is 6.30. The predicted octanol–water partition coefficient (Wildman–Crippen LogP) is 3.25. The van der Waals surface area contributed by atoms with Gasteiger partial charge in [-0.05, 0) is 37.6 Å². The van der Waals surface area contributed by atoms with Crippen molar-refractivity contribution in [1.29, 1.82) is 0 Å². The van der Waals surface area contributed by atoms with E-state index >= 15 is 0 Å². The average molecular weight is 288 g/mol. The maximum atomic E-state index is 13.4. The smallest absolute Gasteiger partial charge is 0.320 e. The molecule has 0 saturated heterocycles. The fraction of sp³-hybridized carbons (Fsp3) is 0.500. The predicted molar refractivity (Wildman–Crippen MR) is 73.6 cm³/mol. The molecule has 0 heterocycles. The summed E-state index contributed by atoms with van der Waals surface area (Å²) in [6, 6.07) is 4.69. The highest BCUT2D eigenvalue weighted by Crippen LogP contribution is 2.16. The van der Waals surface area contributed by atoms with Gasteiger partial charge in [0.25, 0.3) is 0 Å². The summed E-state index contributed by atoms with van der Waals surface area (Å²) in [6.07, 6.45) is 0.912. The topological polar surface area (TPSA) is 29.5 Å². The summed E-state index contributed by atoms with van der Waals surface area (Å²) in [5.41, 5.74) is 0.791. The van der Waals surface area contributed by atoms with Crippen molar-refractivity contribution in [1.82, 2.24) is 4.90 Å². The van der Waals surface area contributed by atoms with E-state index in [1.807, 2.05) is 11.8 Å². The molecule has 0 saturated carbocycles. The Morgan fingerprint density at radius 1 is 1.42 bits per heavy atom. The number of carbonyl (C=O) groups is 1. The van der Waals surface area contributed by atoms with Crippen molar-refractivity contribution >= 4 is 17.6 Å². The zero-order valence-electron chi connectivity index (χ0n) is 11.3. The minimum Gasteiger partial charge on any atom is -0.465 e. The molecule has 0 amide bonds. The van der Waals surface area contributed by atoms with Gasteiger partial charge in [0, 0.05) is 6.54 Å². The van der Waals surface area contributed by atoms with Gasteiger partial charge in [-0.25, -0.2) is 4.39 Å². The second kappa shape index (κ2) is 8.12. The largest absolute Gasteiger partial charge is 0.465 e. The number of halogens is 2. The van der Waals surface area contributed by atoms with Gasteiger partial charge in [0.1, 0.15) is 5.82 Å². The highest BCUT2D eigenvalue weighted by Gasteiger charge is 2.12. The van der Waals surface area contributed by atoms with E-state index in [2.05, 4.69) is 0 Å². The molecule has 0 aliphatic rings. The summed E-state index contributed by atoms with van der Waals surface area (Å²) >= 11 is 5.64. The SMILES string of the molecule is CCCN(CC(=O)OCC)Cc1ccc(Cl)c(F)c1. The molecule has 0 bridgehead atoms. The van der Waals surface area contributed by atoms with E-state index in [9.17, 15) is 9.18 Å². The molecule has 1 aromatic rings. The Labute approximate surface area is 118 Å². The summed E-state index contributed by atoms with van der Waals surface area (Å²) < 4.78 is 18.3. The minimum absolute atomic E-state index is 0.108. The van der Waals surface area contributed by atoms with Gasteiger partial charge in [-0.15, -0.1) is 0 Å². The fourth-order valence-corrected chi connectivity index (χ4v) is 1.93. The molecule has 0 N–H and O–H groups in total. The van der Waals surface area contributed by atoms with Crippen LogP contribution in [-0.2, 0) is 16.1 Å². The monoisotopic (exact) mass is 287 g/mol. The number of ether oxygens (including phenoxy) is 1. The average Bonchev–Trinajstić information content (AvgIpc) is 2.34. The van der Waals surface area contributed by atoms with Crippen molar-refractivity contribution in [3.63, 3.8) is 0 Å². The van der Waals surface area contributed by atoms with Crippen molar-refractivity contribution in [2.24, 2.45) is 0 Å². The molecule has 0 unspecified atom stereocenters. The zero-order valence-corrected chi connectivity index (χ0v) is 12.0. The van der Waals surface area contributed by atoms with Crippen LogP contribution in [-0.4, -0.2) is 30.6 Å². The minimum atomic E-state index is -0.438. The lowest BCUT2D eigenvalue weighted by Crippen LogP contribution is -2.31. The third-order valence-electron chi connectivity index (χ3n) is 2.59. The maximum absolute atomic E-state index is 13.4. The summed E-state index contributed by atoms with van der Waals surface area (Å²) in [5.74, 6) is -0.697. The van der Waals surface area contributed by atoms with Gasteiger partial charge < -0.3 is 4.74 Å². The normalized spacial score (nSPS) is 10.8. The third-order valence-corrected chi connectivity index (χ3v) is 2.89. The van der Waals surface area contributed by atoms with Crippen LogP contribution in [0.25, 0.3) is 0 Å². The summed E-state index contributed by atoms with van der Waals surface area (Å²) in [5, 5.41) is 0.108. The number of esters is 1. The van der Waals surface area contributed by atoms with Crippen LogP contribution in [0.2, 0.25) is 5.02 Å². The maximum Gasteiger partial charge on any atom is 0.320 e. The Kier molecular flexibility index (Phi) is 6.81. The highest BCUT2D eigenvalue weighted by atomic mass is 35.5. The molecule has 0 aromatic heterocycles. The first-order valence-electron chi connectivity index (χ1n) is 6.38. The van der Waals surface area contributed by atoms with Crippen molar-refractivity contribution in [2.75, 3.05) is 19.7 Å². The Hall–Kier alpha value is -1.13. The van der Waals surface area contributed by atoms with Gasteiger partial charge in [-0.3, -0.25) is 9.69 Å². The van der Waals surface area contributed by atoms with E-state index < -0.39 is 5.82 Å². The van der Waals surface area contributed by atoms with E-state index in [1.165, 1.54) is 12.1 Å². The van der Waals surface area contributed by atoms with E-state index in [4.69, 9.17) is 16.3 Å². The van der Waals surface area contributed by atoms with Gasteiger partial charge in [-0.2, -0.15) is 0 Å². The lowest BCUT2D eigenvalue weighted by atomic mass is 10.2. The molecular weight excluding hydrogens is 269 g/mol. The number of hydrogen-bond acceptors (Lipinski definition) is 3. The van der Waals surface area contributed by atoms with Crippen molar-refractivity contribution in [3.05, 3.63) is 34.6 Å². The van der Waals surface area contributed by atoms with Crippen molar-refractivity contribution in [2.45, 2.75) is 26.8 Å². The second-order valence-corrected chi connectivity index (χ2v) is 4.67. The molecule has 3 nitrogen and oxygen atoms in total. The number of rotatable bonds is 7. The first-order chi connectivity index (χ1) is 9.06. The number of hydrogen-bond donors (Lipinski definition) is 0. The number of benzene rings is 1. The number of nitrogens with zero attached hydrogens (tertiary/aromatic N) is 1. The van der Waals surface area contributed by atoms with Crippen molar-refractivity contribution in [3.8, 4) is 0 Å². The molecule has 1 aromatic carbocycles. The van der Waals surface area contributed by atoms with E-state index in [0.717, 1.165) is 18.5 Å². The Morgan fingerprint density at radius 2 is 2.16 bits per heavy atom. The summed E-state index contributed by atoms with van der Waals surface area (Å²) in [6.45, 7) is 5.64. The quantitative estimate of drug-likeness (QED) is 0.721. The molecule has 0 radical (unpaired) electrons. The van der Waals surface area contributed by atoms with Crippen LogP contribution in [0.5, 0.6) is 0 Å². The second-order valence-electron chi connectivity index (χ2n) is 4.26. The van der Waals surface area contributed by atoms with Crippen molar-refractivity contribution < 1.29 is 13.9 Å². The van der Waals surface area contributed by atoms with Gasteiger partial charge in [-0.1, -0.05) is 24.6 Å². The lowest BCUT2D eigenvalue weighted by molar-refractivity contribution is -0.144. The molecule has 1 rings (SSSR count). The molecular formula is C14H19ClFNO2. The standard InChI is InChI=1S/C14H19ClFNO2/c1-3-7-17(10-14(18)19-4-2)9-11-5-6-12(15)13(16)8-11/h5-6,8H,3-4,7,9-10H2,1-2H3. The fourth-order valence-electron chi connectivity index (χ4n) is 1.82. The molecule has 5 heteroatoms. The molecule has 0 aliphatic carbocycles. The Balaban J connectivity index is 2.66. The first kappa shape index (κ1) is 15.9. The first-order valence-corrected chi connectivity index (χ1v) is 6.76. The van der Waals surface area contributed by atoms with Crippen LogP contribution in [0, 0.1) is 5.82 Å². The summed E-state index contributed by atoms with van der Waals surface area (Å²) in [7, 11) is 0. The van der Waals surface area contributed by atoms with Crippen LogP contribution in [0.4, 0.5) is 4.39 Å². The lowest BCUT2D eigenvalue weighted by Gasteiger charge is -2.20. The number of carbonyl (C=O) groups excluding carboxylic acids is 1. The molecule has 19 heavy (non-hydrogen) atoms. The Morgan fingerprint density at radius 3 is 2.74 bits per heavy atom. The van der Waals surface area contributed by atoms with Crippen LogP contribution < -0.4 is 0 Å². The van der Waals surface area contributed by atoms with Gasteiger partial charge in [0.2, 0.25) is 0 Å². The third kappa shape index (κ3) is 5.57. The van der Waals surface area contributed by atoms with Crippen LogP contribution in [0.3, 0.4) is 0 Å². The van der Waals surface area contributed by atoms with E-state index in [0.29, 0.717) is 13.2 Å². The van der Waals surface area contributed by atoms with Crippen LogP contribution in [0.15, 0.2) is 18.2 Å². The molecule has 106 valence electrons. The van der Waals surface area contributed by atoms with Gasteiger partial charge >= 0.3 is 5.97 Å². The summed E-state index contributed by atoms with van der Waals surface area (Å²) in [4.78, 5) is 13.4. The molecule has 0 spiro atoms. The van der Waals surface area contributed by atoms with Crippen LogP contribution >= 0.6 is 11.6 Å². The van der Waals surface area contributed by atoms with Gasteiger partial charge in [0.05, 0.1) is 18.2 Å². The van der Waals surface area contributed by atoms with Gasteiger partial charge in [0.15, 0.2) is 0 Å².